The van der Waals surface area contributed by atoms with E-state index in [1.807, 2.05) is 0 Å². The zero-order valence-electron chi connectivity index (χ0n) is 16.7. The first-order valence-electron chi connectivity index (χ1n) is 10.9. The normalized spacial score (nSPS) is 18.1. The molecule has 0 saturated carbocycles. The van der Waals surface area contributed by atoms with Gasteiger partial charge < -0.3 is 0 Å². The molecule has 1 saturated heterocycles. The topological polar surface area (TPSA) is 0 Å². The smallest absolute Gasteiger partial charge is 0.0743 e. The van der Waals surface area contributed by atoms with Crippen molar-refractivity contribution in [1.29, 1.82) is 0 Å². The summed E-state index contributed by atoms with van der Waals surface area (Å²) in [5.74, 6) is 1.51. The van der Waals surface area contributed by atoms with Gasteiger partial charge in [0, 0.05) is 0 Å². The Morgan fingerprint density at radius 1 is 0.615 bits per heavy atom. The number of benzene rings is 2. The molecule has 1 aliphatic heterocycles. The van der Waals surface area contributed by atoms with Gasteiger partial charge >= 0.3 is 0 Å². The van der Waals surface area contributed by atoms with E-state index in [2.05, 4.69) is 74.5 Å². The Labute approximate surface area is 162 Å². The molecule has 2 aromatic carbocycles. The molecule has 0 aliphatic carbocycles. The number of hydrogen-bond acceptors (Lipinski definition) is 0. The summed E-state index contributed by atoms with van der Waals surface area (Å²) in [6.45, 7) is 6.50. The highest BCUT2D eigenvalue weighted by atomic mass is 14.1. The van der Waals surface area contributed by atoms with Crippen LogP contribution in [0.1, 0.15) is 62.3 Å². The van der Waals surface area contributed by atoms with Gasteiger partial charge in [-0.15, -0.1) is 0 Å². The van der Waals surface area contributed by atoms with Crippen LogP contribution >= 0.6 is 0 Å². The van der Waals surface area contributed by atoms with Crippen LogP contribution in [0.3, 0.4) is 0 Å². The van der Waals surface area contributed by atoms with E-state index in [-0.39, 0.29) is 0 Å². The monoisotopic (exact) mass is 344 g/mol. The van der Waals surface area contributed by atoms with Crippen LogP contribution in [0.4, 0.5) is 0 Å². The third-order valence-corrected chi connectivity index (χ3v) is 6.77. The molecule has 0 bridgehead atoms. The second-order valence-electron chi connectivity index (χ2n) is 8.23. The summed E-state index contributed by atoms with van der Waals surface area (Å²) in [6.07, 6.45) is 11.0. The van der Waals surface area contributed by atoms with Crippen molar-refractivity contribution in [2.24, 2.45) is 0 Å². The molecule has 0 nitrogen and oxygen atoms in total. The predicted molar refractivity (Wildman–Crippen MR) is 119 cm³/mol. The van der Waals surface area contributed by atoms with E-state index in [0.29, 0.717) is 0 Å². The lowest BCUT2D eigenvalue weighted by atomic mass is 9.28. The maximum atomic E-state index is 2.38. The fourth-order valence-corrected chi connectivity index (χ4v) is 5.46. The first-order valence-corrected chi connectivity index (χ1v) is 10.9. The number of hydrogen-bond donors (Lipinski definition) is 0. The predicted octanol–water partition coefficient (Wildman–Crippen LogP) is 7.24. The highest BCUT2D eigenvalue weighted by Crippen LogP contribution is 2.35. The fraction of sp³-hybridized carbons (Fsp3) is 0.500. The maximum absolute atomic E-state index is 2.38. The molecule has 26 heavy (non-hydrogen) atoms. The van der Waals surface area contributed by atoms with Crippen LogP contribution < -0.4 is 0 Å². The van der Waals surface area contributed by atoms with Gasteiger partial charge in [-0.05, 0) is 11.6 Å². The van der Waals surface area contributed by atoms with Crippen molar-refractivity contribution >= 4 is 13.4 Å². The summed E-state index contributed by atoms with van der Waals surface area (Å²) in [5, 5.41) is 0. The van der Waals surface area contributed by atoms with Gasteiger partial charge in [0.15, 0.2) is 0 Å². The van der Waals surface area contributed by atoms with Crippen molar-refractivity contribution in [3.63, 3.8) is 0 Å². The highest BCUT2D eigenvalue weighted by Gasteiger charge is 2.31. The molecular weight excluding hydrogens is 310 g/mol. The highest BCUT2D eigenvalue weighted by molar-refractivity contribution is 6.63. The second kappa shape index (κ2) is 10.0. The van der Waals surface area contributed by atoms with E-state index in [0.717, 1.165) is 25.1 Å². The molecule has 0 spiro atoms. The van der Waals surface area contributed by atoms with Gasteiger partial charge in [-0.2, -0.15) is 0 Å². The summed E-state index contributed by atoms with van der Waals surface area (Å²) in [4.78, 5) is 0. The van der Waals surface area contributed by atoms with Gasteiger partial charge in [0.25, 0.3) is 0 Å². The van der Waals surface area contributed by atoms with E-state index in [9.17, 15) is 0 Å². The Balaban J connectivity index is 1.63. The molecule has 2 aromatic rings. The van der Waals surface area contributed by atoms with Crippen molar-refractivity contribution in [3.05, 3.63) is 71.8 Å². The fourth-order valence-electron chi connectivity index (χ4n) is 5.46. The molecule has 0 aromatic heterocycles. The zero-order valence-corrected chi connectivity index (χ0v) is 16.7. The maximum Gasteiger partial charge on any atom is 0.148 e. The molecular formula is C24H34B2. The molecule has 2 heteroatoms. The van der Waals surface area contributed by atoms with E-state index in [1.165, 1.54) is 51.0 Å². The summed E-state index contributed by atoms with van der Waals surface area (Å²) in [5.41, 5.74) is 3.13. The minimum atomic E-state index is 0.754. The average Bonchev–Trinajstić information content (AvgIpc) is 2.67. The summed E-state index contributed by atoms with van der Waals surface area (Å²) < 4.78 is 0. The molecule has 1 heterocycles. The lowest BCUT2D eigenvalue weighted by Gasteiger charge is -2.30. The largest absolute Gasteiger partial charge is 0.148 e. The summed E-state index contributed by atoms with van der Waals surface area (Å²) >= 11 is 0. The number of rotatable bonds is 6. The van der Waals surface area contributed by atoms with Crippen LogP contribution in [0.15, 0.2) is 60.7 Å². The van der Waals surface area contributed by atoms with Gasteiger partial charge in [0.1, 0.15) is 13.4 Å². The SMILES string of the molecule is CCC(B1CCCB(C(CC)c2ccccc2)CCC1)c1ccccc1. The van der Waals surface area contributed by atoms with Crippen LogP contribution in [0.5, 0.6) is 0 Å². The quantitative estimate of drug-likeness (QED) is 0.485. The molecule has 0 amide bonds. The van der Waals surface area contributed by atoms with E-state index < -0.39 is 0 Å². The minimum absolute atomic E-state index is 0.754. The van der Waals surface area contributed by atoms with E-state index in [1.54, 1.807) is 11.1 Å². The molecule has 0 radical (unpaired) electrons. The molecule has 1 aliphatic rings. The standard InChI is InChI=1S/C24H34B2/c1-3-23(21-13-7-5-8-14-21)25-17-11-19-26(20-12-18-25)24(4-2)22-15-9-6-10-16-22/h5-10,13-16,23-24H,3-4,11-12,17-20H2,1-2H3. The Morgan fingerprint density at radius 3 is 1.27 bits per heavy atom. The van der Waals surface area contributed by atoms with Crippen molar-refractivity contribution in [2.45, 2.75) is 76.4 Å². The summed E-state index contributed by atoms with van der Waals surface area (Å²) in [6, 6.07) is 22.5. The van der Waals surface area contributed by atoms with Gasteiger partial charge in [0.2, 0.25) is 0 Å². The first kappa shape index (κ1) is 19.3. The first-order chi connectivity index (χ1) is 12.8. The van der Waals surface area contributed by atoms with Crippen LogP contribution in [-0.4, -0.2) is 13.4 Å². The van der Waals surface area contributed by atoms with Crippen molar-refractivity contribution in [1.82, 2.24) is 0 Å². The average molecular weight is 344 g/mol. The van der Waals surface area contributed by atoms with Crippen LogP contribution in [0, 0.1) is 0 Å². The molecule has 0 N–H and O–H groups in total. The van der Waals surface area contributed by atoms with E-state index >= 15 is 0 Å². The second-order valence-corrected chi connectivity index (χ2v) is 8.23. The lowest BCUT2D eigenvalue weighted by Crippen LogP contribution is -2.29. The van der Waals surface area contributed by atoms with Gasteiger partial charge in [-0.25, -0.2) is 0 Å². The third-order valence-electron chi connectivity index (χ3n) is 6.77. The zero-order chi connectivity index (χ0) is 18.2. The third kappa shape index (κ3) is 4.84. The van der Waals surface area contributed by atoms with Crippen molar-refractivity contribution in [3.8, 4) is 0 Å². The van der Waals surface area contributed by atoms with Crippen molar-refractivity contribution in [2.75, 3.05) is 0 Å². The molecule has 2 atom stereocenters. The molecule has 1 fully saturated rings. The van der Waals surface area contributed by atoms with Gasteiger partial charge in [-0.1, -0.05) is 137 Å². The molecule has 136 valence electrons. The van der Waals surface area contributed by atoms with Crippen molar-refractivity contribution < 1.29 is 0 Å². The van der Waals surface area contributed by atoms with E-state index in [4.69, 9.17) is 0 Å². The Hall–Kier alpha value is -1.43. The Morgan fingerprint density at radius 2 is 0.962 bits per heavy atom. The summed E-state index contributed by atoms with van der Waals surface area (Å²) in [7, 11) is 0. The Kier molecular flexibility index (Phi) is 7.47. The van der Waals surface area contributed by atoms with Gasteiger partial charge in [-0.3, -0.25) is 0 Å². The molecule has 3 rings (SSSR count). The minimum Gasteiger partial charge on any atom is -0.0743 e. The van der Waals surface area contributed by atoms with Crippen LogP contribution in [-0.2, 0) is 0 Å². The molecule has 2 unspecified atom stereocenters. The van der Waals surface area contributed by atoms with Gasteiger partial charge in [0.05, 0.1) is 0 Å². The van der Waals surface area contributed by atoms with Crippen LogP contribution in [0.25, 0.3) is 0 Å². The lowest BCUT2D eigenvalue weighted by molar-refractivity contribution is 0.788. The van der Waals surface area contributed by atoms with Crippen LogP contribution in [0.2, 0.25) is 25.3 Å². The Bertz CT molecular complexity index is 560.